The predicted octanol–water partition coefficient (Wildman–Crippen LogP) is 1.17. The fraction of sp³-hybridized carbons (Fsp3) is 0.238. The van der Waals surface area contributed by atoms with Crippen LogP contribution in [0.15, 0.2) is 48.8 Å². The maximum absolute atomic E-state index is 12.2. The summed E-state index contributed by atoms with van der Waals surface area (Å²) in [5.74, 6) is -0.0382. The van der Waals surface area contributed by atoms with Crippen LogP contribution in [0, 0.1) is 0 Å². The van der Waals surface area contributed by atoms with Gasteiger partial charge in [-0.25, -0.2) is 4.68 Å². The SMILES string of the molecule is O=C(CCCOc1ccc2c(c1)CCC(=O)N2)NNC(=O)c1ccc(-n2cnnn2)cc1. The summed E-state index contributed by atoms with van der Waals surface area (Å²) in [6.07, 6.45) is 3.27. The van der Waals surface area contributed by atoms with E-state index in [1.54, 1.807) is 30.3 Å². The fourth-order valence-electron chi connectivity index (χ4n) is 3.18. The van der Waals surface area contributed by atoms with E-state index in [9.17, 15) is 14.4 Å². The number of aryl methyl sites for hydroxylation is 1. The normalized spacial score (nSPS) is 12.4. The lowest BCUT2D eigenvalue weighted by Gasteiger charge is -2.17. The molecule has 3 amide bonds. The van der Waals surface area contributed by atoms with Gasteiger partial charge in [0.05, 0.1) is 12.3 Å². The zero-order chi connectivity index (χ0) is 22.3. The van der Waals surface area contributed by atoms with Gasteiger partial charge in [-0.2, -0.15) is 0 Å². The number of hydrogen-bond acceptors (Lipinski definition) is 7. The van der Waals surface area contributed by atoms with E-state index in [1.165, 1.54) is 11.0 Å². The summed E-state index contributed by atoms with van der Waals surface area (Å²) in [6.45, 7) is 0.352. The van der Waals surface area contributed by atoms with Crippen molar-refractivity contribution in [2.24, 2.45) is 0 Å². The van der Waals surface area contributed by atoms with Crippen LogP contribution in [0.2, 0.25) is 0 Å². The summed E-state index contributed by atoms with van der Waals surface area (Å²) in [5, 5.41) is 13.7. The molecule has 0 fully saturated rings. The summed E-state index contributed by atoms with van der Waals surface area (Å²) in [6, 6.07) is 12.1. The summed E-state index contributed by atoms with van der Waals surface area (Å²) in [5.41, 5.74) is 7.72. The Balaban J connectivity index is 1.16. The Morgan fingerprint density at radius 1 is 1.09 bits per heavy atom. The number of anilines is 1. The minimum absolute atomic E-state index is 0.0191. The van der Waals surface area contributed by atoms with Crippen LogP contribution in [0.4, 0.5) is 5.69 Å². The number of amides is 3. The number of aromatic nitrogens is 4. The molecular weight excluding hydrogens is 414 g/mol. The van der Waals surface area contributed by atoms with Crippen LogP contribution < -0.4 is 20.9 Å². The number of rotatable bonds is 7. The highest BCUT2D eigenvalue weighted by Gasteiger charge is 2.15. The number of benzene rings is 2. The van der Waals surface area contributed by atoms with Crippen LogP contribution in [0.1, 0.15) is 35.2 Å². The van der Waals surface area contributed by atoms with Gasteiger partial charge in [0.1, 0.15) is 12.1 Å². The molecule has 0 atom stereocenters. The third kappa shape index (κ3) is 5.25. The summed E-state index contributed by atoms with van der Waals surface area (Å²) in [7, 11) is 0. The molecule has 0 radical (unpaired) electrons. The van der Waals surface area contributed by atoms with Crippen molar-refractivity contribution in [1.29, 1.82) is 0 Å². The molecule has 32 heavy (non-hydrogen) atoms. The van der Waals surface area contributed by atoms with Crippen LogP contribution in [-0.4, -0.2) is 44.5 Å². The van der Waals surface area contributed by atoms with Crippen molar-refractivity contribution in [3.63, 3.8) is 0 Å². The molecule has 3 aromatic rings. The molecule has 2 heterocycles. The molecule has 2 aromatic carbocycles. The van der Waals surface area contributed by atoms with Gasteiger partial charge in [0, 0.05) is 24.1 Å². The Kier molecular flexibility index (Phi) is 6.35. The molecule has 0 aliphatic carbocycles. The number of hydrogen-bond donors (Lipinski definition) is 3. The number of nitrogens with zero attached hydrogens (tertiary/aromatic N) is 4. The van der Waals surface area contributed by atoms with Crippen molar-refractivity contribution in [2.75, 3.05) is 11.9 Å². The average molecular weight is 435 g/mol. The zero-order valence-corrected chi connectivity index (χ0v) is 17.1. The minimum Gasteiger partial charge on any atom is -0.494 e. The van der Waals surface area contributed by atoms with E-state index < -0.39 is 5.91 Å². The van der Waals surface area contributed by atoms with Crippen molar-refractivity contribution < 1.29 is 19.1 Å². The number of nitrogens with one attached hydrogen (secondary N) is 3. The fourth-order valence-corrected chi connectivity index (χ4v) is 3.18. The monoisotopic (exact) mass is 435 g/mol. The molecule has 11 nitrogen and oxygen atoms in total. The molecule has 164 valence electrons. The highest BCUT2D eigenvalue weighted by atomic mass is 16.5. The van der Waals surface area contributed by atoms with Gasteiger partial charge in [0.25, 0.3) is 5.91 Å². The molecule has 0 saturated carbocycles. The van der Waals surface area contributed by atoms with E-state index >= 15 is 0 Å². The highest BCUT2D eigenvalue weighted by Crippen LogP contribution is 2.26. The largest absolute Gasteiger partial charge is 0.494 e. The maximum atomic E-state index is 12.2. The maximum Gasteiger partial charge on any atom is 0.269 e. The molecule has 1 aromatic heterocycles. The molecule has 0 saturated heterocycles. The van der Waals surface area contributed by atoms with Crippen LogP contribution in [0.5, 0.6) is 5.75 Å². The average Bonchev–Trinajstić information content (AvgIpc) is 3.35. The second-order valence-electron chi connectivity index (χ2n) is 7.12. The van der Waals surface area contributed by atoms with Gasteiger partial charge in [-0.15, -0.1) is 5.10 Å². The molecular formula is C21H21N7O4. The smallest absolute Gasteiger partial charge is 0.269 e. The number of ether oxygens (including phenoxy) is 1. The molecule has 1 aliphatic heterocycles. The van der Waals surface area contributed by atoms with Gasteiger partial charge in [0.15, 0.2) is 0 Å². The summed E-state index contributed by atoms with van der Waals surface area (Å²) in [4.78, 5) is 35.6. The van der Waals surface area contributed by atoms with E-state index in [0.29, 0.717) is 42.9 Å². The van der Waals surface area contributed by atoms with Crippen molar-refractivity contribution in [2.45, 2.75) is 25.7 Å². The van der Waals surface area contributed by atoms with Crippen molar-refractivity contribution in [1.82, 2.24) is 31.1 Å². The molecule has 4 rings (SSSR count). The molecule has 0 unspecified atom stereocenters. The number of carbonyl (C=O) groups is 3. The standard InChI is InChI=1S/C21H21N7O4/c29-19-10-5-15-12-17(8-9-18(15)23-19)32-11-1-2-20(30)24-25-21(31)14-3-6-16(7-4-14)28-13-22-26-27-28/h3-4,6-9,12-13H,1-2,5,10-11H2,(H,23,29)(H,24,30)(H,25,31). The third-order valence-corrected chi connectivity index (χ3v) is 4.85. The van der Waals surface area contributed by atoms with Crippen molar-refractivity contribution in [3.05, 3.63) is 59.9 Å². The molecule has 11 heteroatoms. The Labute approximate surface area is 183 Å². The number of tetrazole rings is 1. The van der Waals surface area contributed by atoms with E-state index in [4.69, 9.17) is 4.74 Å². The Bertz CT molecular complexity index is 1110. The molecule has 0 spiro atoms. The van der Waals surface area contributed by atoms with Crippen LogP contribution in [0.25, 0.3) is 5.69 Å². The lowest BCUT2D eigenvalue weighted by atomic mass is 10.0. The highest BCUT2D eigenvalue weighted by molar-refractivity contribution is 5.95. The zero-order valence-electron chi connectivity index (χ0n) is 17.1. The first-order valence-corrected chi connectivity index (χ1v) is 10.1. The van der Waals surface area contributed by atoms with Gasteiger partial charge in [-0.05, 0) is 71.3 Å². The topological polar surface area (TPSA) is 140 Å². The van der Waals surface area contributed by atoms with Gasteiger partial charge >= 0.3 is 0 Å². The second kappa shape index (κ2) is 9.69. The van der Waals surface area contributed by atoms with Gasteiger partial charge in [0.2, 0.25) is 11.8 Å². The lowest BCUT2D eigenvalue weighted by Crippen LogP contribution is -2.41. The first-order chi connectivity index (χ1) is 15.6. The first kappa shape index (κ1) is 21.0. The van der Waals surface area contributed by atoms with Gasteiger partial charge in [-0.3, -0.25) is 25.2 Å². The Hall–Kier alpha value is -4.28. The Morgan fingerprint density at radius 2 is 1.94 bits per heavy atom. The van der Waals surface area contributed by atoms with Crippen LogP contribution in [-0.2, 0) is 16.0 Å². The van der Waals surface area contributed by atoms with Crippen LogP contribution in [0.3, 0.4) is 0 Å². The lowest BCUT2D eigenvalue weighted by molar-refractivity contribution is -0.122. The van der Waals surface area contributed by atoms with E-state index in [2.05, 4.69) is 31.7 Å². The third-order valence-electron chi connectivity index (χ3n) is 4.85. The minimum atomic E-state index is -0.431. The molecule has 0 bridgehead atoms. The number of carbonyl (C=O) groups excluding carboxylic acids is 3. The number of hydrazine groups is 1. The van der Waals surface area contributed by atoms with E-state index in [0.717, 1.165) is 11.3 Å². The van der Waals surface area contributed by atoms with Gasteiger partial charge in [-0.1, -0.05) is 0 Å². The summed E-state index contributed by atoms with van der Waals surface area (Å²) < 4.78 is 7.16. The van der Waals surface area contributed by atoms with E-state index in [-0.39, 0.29) is 18.2 Å². The van der Waals surface area contributed by atoms with E-state index in [1.807, 2.05) is 12.1 Å². The summed E-state index contributed by atoms with van der Waals surface area (Å²) >= 11 is 0. The van der Waals surface area contributed by atoms with Crippen molar-refractivity contribution >= 4 is 23.4 Å². The van der Waals surface area contributed by atoms with Gasteiger partial charge < -0.3 is 10.1 Å². The molecule has 3 N–H and O–H groups in total. The second-order valence-corrected chi connectivity index (χ2v) is 7.12. The molecule has 1 aliphatic rings. The predicted molar refractivity (Wildman–Crippen MR) is 113 cm³/mol. The first-order valence-electron chi connectivity index (χ1n) is 10.1. The number of fused-ring (bicyclic) bond motifs is 1. The Morgan fingerprint density at radius 3 is 2.72 bits per heavy atom. The van der Waals surface area contributed by atoms with Crippen LogP contribution >= 0.6 is 0 Å². The van der Waals surface area contributed by atoms with Crippen molar-refractivity contribution in [3.8, 4) is 11.4 Å². The quantitative estimate of drug-likeness (QED) is 0.374.